The number of hydrogen-bond acceptors (Lipinski definition) is 2. The molecule has 1 aliphatic heterocycles. The zero-order chi connectivity index (χ0) is 13.1. The highest BCUT2D eigenvalue weighted by molar-refractivity contribution is 5.97. The van der Waals surface area contributed by atoms with E-state index >= 15 is 0 Å². The van der Waals surface area contributed by atoms with Crippen LogP contribution in [-0.4, -0.2) is 12.5 Å². The number of amides is 1. The zero-order valence-electron chi connectivity index (χ0n) is 10.6. The highest BCUT2D eigenvalue weighted by Crippen LogP contribution is 2.20. The van der Waals surface area contributed by atoms with Crippen molar-refractivity contribution in [2.24, 2.45) is 0 Å². The van der Waals surface area contributed by atoms with Gasteiger partial charge in [-0.2, -0.15) is 0 Å². The zero-order valence-corrected chi connectivity index (χ0v) is 10.6. The number of hydrogen-bond donors (Lipinski definition) is 1. The molecular weight excluding hydrogens is 238 g/mol. The van der Waals surface area contributed by atoms with Crippen LogP contribution in [0.25, 0.3) is 0 Å². The fraction of sp³-hybridized carbons (Fsp3) is 0.188. The predicted molar refractivity (Wildman–Crippen MR) is 73.3 cm³/mol. The lowest BCUT2D eigenvalue weighted by atomic mass is 9.95. The number of nitrogens with one attached hydrogen (secondary N) is 1. The minimum absolute atomic E-state index is 0.0165. The summed E-state index contributed by atoms with van der Waals surface area (Å²) in [5.41, 5.74) is 2.98. The molecule has 0 saturated carbocycles. The summed E-state index contributed by atoms with van der Waals surface area (Å²) >= 11 is 0. The van der Waals surface area contributed by atoms with Gasteiger partial charge in [-0.25, -0.2) is 0 Å². The van der Waals surface area contributed by atoms with Crippen molar-refractivity contribution in [3.8, 4) is 5.75 Å². The molecule has 1 amide bonds. The standard InChI is InChI=1S/C16H15NO2/c18-16-15-8-4-5-12(14(15)9-10-17-16)11-19-13-6-2-1-3-7-13/h1-8H,9-11H2,(H,17,18). The molecule has 1 aliphatic rings. The van der Waals surface area contributed by atoms with E-state index in [2.05, 4.69) is 5.32 Å². The molecule has 0 aliphatic carbocycles. The molecular formula is C16H15NO2. The molecule has 2 aromatic carbocycles. The molecule has 0 saturated heterocycles. The van der Waals surface area contributed by atoms with Crippen LogP contribution in [0.5, 0.6) is 5.75 Å². The van der Waals surface area contributed by atoms with Gasteiger partial charge in [0.25, 0.3) is 5.91 Å². The van der Waals surface area contributed by atoms with Crippen molar-refractivity contribution >= 4 is 5.91 Å². The Bertz CT molecular complexity index is 593. The van der Waals surface area contributed by atoms with Gasteiger partial charge in [-0.15, -0.1) is 0 Å². The van der Waals surface area contributed by atoms with Crippen molar-refractivity contribution in [2.45, 2.75) is 13.0 Å². The van der Waals surface area contributed by atoms with E-state index in [4.69, 9.17) is 4.74 Å². The van der Waals surface area contributed by atoms with Gasteiger partial charge in [0.1, 0.15) is 12.4 Å². The minimum Gasteiger partial charge on any atom is -0.489 e. The quantitative estimate of drug-likeness (QED) is 0.913. The van der Waals surface area contributed by atoms with Crippen LogP contribution in [0.3, 0.4) is 0 Å². The van der Waals surface area contributed by atoms with Crippen LogP contribution in [0, 0.1) is 0 Å². The fourth-order valence-electron chi connectivity index (χ4n) is 2.35. The largest absolute Gasteiger partial charge is 0.489 e. The number of rotatable bonds is 3. The van der Waals surface area contributed by atoms with E-state index in [1.807, 2.05) is 48.5 Å². The molecule has 0 radical (unpaired) electrons. The highest BCUT2D eigenvalue weighted by atomic mass is 16.5. The SMILES string of the molecule is O=C1NCCc2c(COc3ccccc3)cccc21. The van der Waals surface area contributed by atoms with E-state index in [1.54, 1.807) is 0 Å². The molecule has 0 fully saturated rings. The Balaban J connectivity index is 1.82. The summed E-state index contributed by atoms with van der Waals surface area (Å²) in [6.07, 6.45) is 0.870. The molecule has 19 heavy (non-hydrogen) atoms. The minimum atomic E-state index is 0.0165. The lowest BCUT2D eigenvalue weighted by Crippen LogP contribution is -2.32. The molecule has 2 aromatic rings. The summed E-state index contributed by atoms with van der Waals surface area (Å²) in [5.74, 6) is 0.864. The fourth-order valence-corrected chi connectivity index (χ4v) is 2.35. The Morgan fingerprint density at radius 1 is 1.05 bits per heavy atom. The molecule has 96 valence electrons. The van der Waals surface area contributed by atoms with Gasteiger partial charge in [-0.05, 0) is 35.7 Å². The maximum atomic E-state index is 11.8. The monoisotopic (exact) mass is 253 g/mol. The summed E-state index contributed by atoms with van der Waals surface area (Å²) < 4.78 is 5.76. The Hall–Kier alpha value is -2.29. The van der Waals surface area contributed by atoms with E-state index in [-0.39, 0.29) is 5.91 Å². The highest BCUT2D eigenvalue weighted by Gasteiger charge is 2.18. The Morgan fingerprint density at radius 3 is 2.74 bits per heavy atom. The summed E-state index contributed by atoms with van der Waals surface area (Å²) in [6.45, 7) is 1.20. The van der Waals surface area contributed by atoms with E-state index in [9.17, 15) is 4.79 Å². The molecule has 0 unspecified atom stereocenters. The van der Waals surface area contributed by atoms with Gasteiger partial charge in [-0.1, -0.05) is 30.3 Å². The van der Waals surface area contributed by atoms with Gasteiger partial charge in [0.05, 0.1) is 0 Å². The Labute approximate surface area is 112 Å². The summed E-state index contributed by atoms with van der Waals surface area (Å²) in [4.78, 5) is 11.8. The van der Waals surface area contributed by atoms with Gasteiger partial charge >= 0.3 is 0 Å². The average Bonchev–Trinajstić information content (AvgIpc) is 2.47. The number of para-hydroxylation sites is 1. The summed E-state index contributed by atoms with van der Waals surface area (Å²) in [6, 6.07) is 15.5. The Morgan fingerprint density at radius 2 is 1.89 bits per heavy atom. The third-order valence-corrected chi connectivity index (χ3v) is 3.32. The average molecular weight is 253 g/mol. The van der Waals surface area contributed by atoms with Crippen molar-refractivity contribution in [1.29, 1.82) is 0 Å². The van der Waals surface area contributed by atoms with Crippen LogP contribution < -0.4 is 10.1 Å². The molecule has 3 rings (SSSR count). The van der Waals surface area contributed by atoms with Gasteiger partial charge in [0.2, 0.25) is 0 Å². The van der Waals surface area contributed by atoms with Crippen LogP contribution in [-0.2, 0) is 13.0 Å². The van der Waals surface area contributed by atoms with Crippen LogP contribution in [0.4, 0.5) is 0 Å². The molecule has 0 bridgehead atoms. The molecule has 0 atom stereocenters. The number of carbonyl (C=O) groups is 1. The molecule has 3 nitrogen and oxygen atoms in total. The number of ether oxygens (including phenoxy) is 1. The second kappa shape index (κ2) is 5.14. The van der Waals surface area contributed by atoms with Crippen molar-refractivity contribution in [3.63, 3.8) is 0 Å². The summed E-state index contributed by atoms with van der Waals surface area (Å²) in [5, 5.41) is 2.86. The number of benzene rings is 2. The maximum Gasteiger partial charge on any atom is 0.251 e. The number of carbonyl (C=O) groups excluding carboxylic acids is 1. The van der Waals surface area contributed by atoms with E-state index in [0.29, 0.717) is 13.2 Å². The second-order valence-electron chi connectivity index (χ2n) is 4.55. The van der Waals surface area contributed by atoms with Crippen molar-refractivity contribution < 1.29 is 9.53 Å². The van der Waals surface area contributed by atoms with E-state index in [0.717, 1.165) is 28.9 Å². The van der Waals surface area contributed by atoms with Crippen molar-refractivity contribution in [3.05, 3.63) is 65.2 Å². The van der Waals surface area contributed by atoms with Gasteiger partial charge < -0.3 is 10.1 Å². The molecule has 1 heterocycles. The molecule has 3 heteroatoms. The lowest BCUT2D eigenvalue weighted by molar-refractivity contribution is 0.0945. The normalized spacial score (nSPS) is 13.6. The molecule has 0 spiro atoms. The first-order valence-electron chi connectivity index (χ1n) is 6.41. The third-order valence-electron chi connectivity index (χ3n) is 3.32. The first-order chi connectivity index (χ1) is 9.34. The van der Waals surface area contributed by atoms with Crippen LogP contribution >= 0.6 is 0 Å². The van der Waals surface area contributed by atoms with E-state index in [1.165, 1.54) is 0 Å². The van der Waals surface area contributed by atoms with Gasteiger partial charge in [-0.3, -0.25) is 4.79 Å². The van der Waals surface area contributed by atoms with Crippen molar-refractivity contribution in [2.75, 3.05) is 6.54 Å². The lowest BCUT2D eigenvalue weighted by Gasteiger charge is -2.19. The second-order valence-corrected chi connectivity index (χ2v) is 4.55. The van der Waals surface area contributed by atoms with E-state index < -0.39 is 0 Å². The molecule has 0 aromatic heterocycles. The van der Waals surface area contributed by atoms with Gasteiger partial charge in [0, 0.05) is 12.1 Å². The third kappa shape index (κ3) is 2.45. The first-order valence-corrected chi connectivity index (χ1v) is 6.41. The van der Waals surface area contributed by atoms with Crippen LogP contribution in [0.15, 0.2) is 48.5 Å². The predicted octanol–water partition coefficient (Wildman–Crippen LogP) is 2.55. The van der Waals surface area contributed by atoms with Gasteiger partial charge in [0.15, 0.2) is 0 Å². The molecule has 1 N–H and O–H groups in total. The maximum absolute atomic E-state index is 11.8. The van der Waals surface area contributed by atoms with Crippen LogP contribution in [0.1, 0.15) is 21.5 Å². The number of fused-ring (bicyclic) bond motifs is 1. The summed E-state index contributed by atoms with van der Waals surface area (Å²) in [7, 11) is 0. The topological polar surface area (TPSA) is 38.3 Å². The smallest absolute Gasteiger partial charge is 0.251 e. The Kier molecular flexibility index (Phi) is 3.19. The van der Waals surface area contributed by atoms with Crippen LogP contribution in [0.2, 0.25) is 0 Å². The van der Waals surface area contributed by atoms with Crippen molar-refractivity contribution in [1.82, 2.24) is 5.32 Å². The first kappa shape index (κ1) is 11.8.